The van der Waals surface area contributed by atoms with E-state index >= 15 is 0 Å². The van der Waals surface area contributed by atoms with E-state index < -0.39 is 0 Å². The van der Waals surface area contributed by atoms with Crippen molar-refractivity contribution in [2.24, 2.45) is 5.92 Å². The van der Waals surface area contributed by atoms with Gasteiger partial charge in [0.25, 0.3) is 0 Å². The molecule has 0 saturated carbocycles. The number of carbonyl (C=O) groups excluding carboxylic acids is 2. The van der Waals surface area contributed by atoms with Crippen molar-refractivity contribution in [3.63, 3.8) is 0 Å². The van der Waals surface area contributed by atoms with Crippen LogP contribution in [0.25, 0.3) is 0 Å². The van der Waals surface area contributed by atoms with Gasteiger partial charge in [0.05, 0.1) is 6.61 Å². The van der Waals surface area contributed by atoms with Gasteiger partial charge in [0.2, 0.25) is 11.8 Å². The van der Waals surface area contributed by atoms with Crippen LogP contribution >= 0.6 is 0 Å². The largest absolute Gasteiger partial charge is 0.494 e. The van der Waals surface area contributed by atoms with Gasteiger partial charge in [-0.1, -0.05) is 46.8 Å². The van der Waals surface area contributed by atoms with E-state index in [1.165, 1.54) is 5.56 Å². The first-order chi connectivity index (χ1) is 13.2. The van der Waals surface area contributed by atoms with Gasteiger partial charge in [-0.3, -0.25) is 9.59 Å². The first-order valence-electron chi connectivity index (χ1n) is 10.5. The number of rotatable bonds is 6. The highest BCUT2D eigenvalue weighted by Gasteiger charge is 2.23. The van der Waals surface area contributed by atoms with Crippen molar-refractivity contribution in [1.82, 2.24) is 9.80 Å². The number of nitrogens with zero attached hydrogens (tertiary/aromatic N) is 2. The topological polar surface area (TPSA) is 49.9 Å². The zero-order valence-electron chi connectivity index (χ0n) is 18.2. The highest BCUT2D eigenvalue weighted by molar-refractivity contribution is 5.79. The number of ether oxygens (including phenoxy) is 1. The lowest BCUT2D eigenvalue weighted by atomic mass is 9.87. The van der Waals surface area contributed by atoms with Gasteiger partial charge in [-0.05, 0) is 36.0 Å². The van der Waals surface area contributed by atoms with Crippen LogP contribution < -0.4 is 4.74 Å². The van der Waals surface area contributed by atoms with Crippen LogP contribution in [0.15, 0.2) is 24.3 Å². The predicted molar refractivity (Wildman–Crippen MR) is 112 cm³/mol. The minimum atomic E-state index is 0.0110. The Morgan fingerprint density at radius 2 is 1.61 bits per heavy atom. The molecule has 156 valence electrons. The summed E-state index contributed by atoms with van der Waals surface area (Å²) in [6, 6.07) is 8.19. The van der Waals surface area contributed by atoms with Crippen LogP contribution in [-0.4, -0.2) is 54.4 Å². The number of benzene rings is 1. The Bertz CT molecular complexity index is 647. The van der Waals surface area contributed by atoms with Gasteiger partial charge in [0.15, 0.2) is 0 Å². The molecule has 0 aromatic heterocycles. The van der Waals surface area contributed by atoms with Crippen molar-refractivity contribution in [1.29, 1.82) is 0 Å². The van der Waals surface area contributed by atoms with E-state index in [2.05, 4.69) is 32.9 Å². The minimum Gasteiger partial charge on any atom is -0.494 e. The van der Waals surface area contributed by atoms with Crippen molar-refractivity contribution in [3.8, 4) is 5.75 Å². The molecule has 0 unspecified atom stereocenters. The quantitative estimate of drug-likeness (QED) is 0.695. The van der Waals surface area contributed by atoms with Crippen LogP contribution in [0.1, 0.15) is 59.4 Å². The van der Waals surface area contributed by atoms with Gasteiger partial charge in [-0.15, -0.1) is 0 Å². The molecule has 0 atom stereocenters. The van der Waals surface area contributed by atoms with Crippen LogP contribution in [0.3, 0.4) is 0 Å². The van der Waals surface area contributed by atoms with E-state index in [0.717, 1.165) is 25.3 Å². The number of carbonyl (C=O) groups is 2. The van der Waals surface area contributed by atoms with Crippen molar-refractivity contribution in [2.75, 3.05) is 32.8 Å². The maximum absolute atomic E-state index is 12.5. The Hall–Kier alpha value is -2.04. The summed E-state index contributed by atoms with van der Waals surface area (Å²) >= 11 is 0. The number of hydrogen-bond acceptors (Lipinski definition) is 3. The molecular weight excluding hydrogens is 352 g/mol. The molecule has 1 heterocycles. The third kappa shape index (κ3) is 6.54. The second-order valence-electron chi connectivity index (χ2n) is 8.94. The SMILES string of the molecule is CC(C)C(=O)N1CCCN(C(=O)CCCOc2ccc(C(C)(C)C)cc2)CC1. The van der Waals surface area contributed by atoms with Crippen LogP contribution in [-0.2, 0) is 15.0 Å². The molecule has 1 saturated heterocycles. The van der Waals surface area contributed by atoms with E-state index in [9.17, 15) is 9.59 Å². The molecule has 0 bridgehead atoms. The van der Waals surface area contributed by atoms with Gasteiger partial charge in [-0.25, -0.2) is 0 Å². The van der Waals surface area contributed by atoms with Crippen molar-refractivity contribution >= 4 is 11.8 Å². The molecule has 0 spiro atoms. The summed E-state index contributed by atoms with van der Waals surface area (Å²) in [6.07, 6.45) is 2.03. The van der Waals surface area contributed by atoms with E-state index in [-0.39, 0.29) is 23.1 Å². The Morgan fingerprint density at radius 3 is 2.21 bits per heavy atom. The third-order valence-electron chi connectivity index (χ3n) is 5.18. The standard InChI is InChI=1S/C23H36N2O3/c1-18(2)22(27)25-14-7-13-24(15-16-25)21(26)8-6-17-28-20-11-9-19(10-12-20)23(3,4)5/h9-12,18H,6-8,13-17H2,1-5H3. The van der Waals surface area contributed by atoms with Crippen molar-refractivity contribution < 1.29 is 14.3 Å². The van der Waals surface area contributed by atoms with Crippen molar-refractivity contribution in [2.45, 2.75) is 59.3 Å². The summed E-state index contributed by atoms with van der Waals surface area (Å²) in [5, 5.41) is 0. The van der Waals surface area contributed by atoms with E-state index in [0.29, 0.717) is 32.5 Å². The summed E-state index contributed by atoms with van der Waals surface area (Å²) in [5.74, 6) is 1.20. The minimum absolute atomic E-state index is 0.0110. The highest BCUT2D eigenvalue weighted by Crippen LogP contribution is 2.24. The molecule has 2 rings (SSSR count). The van der Waals surface area contributed by atoms with E-state index in [4.69, 9.17) is 4.74 Å². The lowest BCUT2D eigenvalue weighted by Crippen LogP contribution is -2.38. The Kier molecular flexibility index (Phi) is 7.90. The average molecular weight is 389 g/mol. The van der Waals surface area contributed by atoms with E-state index in [1.54, 1.807) is 0 Å². The summed E-state index contributed by atoms with van der Waals surface area (Å²) in [7, 11) is 0. The van der Waals surface area contributed by atoms with Gasteiger partial charge >= 0.3 is 0 Å². The van der Waals surface area contributed by atoms with Gasteiger partial charge in [0.1, 0.15) is 5.75 Å². The first-order valence-corrected chi connectivity index (χ1v) is 10.5. The van der Waals surface area contributed by atoms with Crippen LogP contribution in [0.4, 0.5) is 0 Å². The zero-order valence-corrected chi connectivity index (χ0v) is 18.2. The molecule has 5 nitrogen and oxygen atoms in total. The molecule has 0 N–H and O–H groups in total. The first kappa shape index (κ1) is 22.3. The molecule has 0 radical (unpaired) electrons. The Labute approximate surface area is 170 Å². The summed E-state index contributed by atoms with van der Waals surface area (Å²) in [5.41, 5.74) is 1.41. The fourth-order valence-corrected chi connectivity index (χ4v) is 3.38. The molecule has 1 aliphatic heterocycles. The second kappa shape index (κ2) is 9.94. The fraction of sp³-hybridized carbons (Fsp3) is 0.652. The van der Waals surface area contributed by atoms with E-state index in [1.807, 2.05) is 35.8 Å². The summed E-state index contributed by atoms with van der Waals surface area (Å²) in [4.78, 5) is 28.4. The second-order valence-corrected chi connectivity index (χ2v) is 8.94. The maximum Gasteiger partial charge on any atom is 0.225 e. The third-order valence-corrected chi connectivity index (χ3v) is 5.18. The molecular formula is C23H36N2O3. The molecule has 0 aliphatic carbocycles. The predicted octanol–water partition coefficient (Wildman–Crippen LogP) is 3.86. The maximum atomic E-state index is 12.5. The molecule has 1 aromatic carbocycles. The zero-order chi connectivity index (χ0) is 20.7. The van der Waals surface area contributed by atoms with Gasteiger partial charge in [0, 0.05) is 38.5 Å². The Balaban J connectivity index is 1.72. The number of amides is 2. The molecule has 1 aliphatic rings. The monoisotopic (exact) mass is 388 g/mol. The number of hydrogen-bond donors (Lipinski definition) is 0. The van der Waals surface area contributed by atoms with Gasteiger partial charge in [-0.2, -0.15) is 0 Å². The molecule has 28 heavy (non-hydrogen) atoms. The van der Waals surface area contributed by atoms with Crippen LogP contribution in [0.2, 0.25) is 0 Å². The van der Waals surface area contributed by atoms with Crippen LogP contribution in [0.5, 0.6) is 5.75 Å². The smallest absolute Gasteiger partial charge is 0.225 e. The van der Waals surface area contributed by atoms with Crippen molar-refractivity contribution in [3.05, 3.63) is 29.8 Å². The lowest BCUT2D eigenvalue weighted by molar-refractivity contribution is -0.135. The summed E-state index contributed by atoms with van der Waals surface area (Å²) in [6.45, 7) is 13.7. The Morgan fingerprint density at radius 1 is 1.00 bits per heavy atom. The fourth-order valence-electron chi connectivity index (χ4n) is 3.38. The average Bonchev–Trinajstić information content (AvgIpc) is 2.90. The molecule has 1 aromatic rings. The van der Waals surface area contributed by atoms with Gasteiger partial charge < -0.3 is 14.5 Å². The normalized spacial score (nSPS) is 15.5. The van der Waals surface area contributed by atoms with Crippen LogP contribution in [0, 0.1) is 5.92 Å². The molecule has 2 amide bonds. The summed E-state index contributed by atoms with van der Waals surface area (Å²) < 4.78 is 5.79. The molecule has 1 fully saturated rings. The highest BCUT2D eigenvalue weighted by atomic mass is 16.5. The molecule has 5 heteroatoms. The lowest BCUT2D eigenvalue weighted by Gasteiger charge is -2.23.